The van der Waals surface area contributed by atoms with Gasteiger partial charge in [-0.05, 0) is 36.2 Å². The van der Waals surface area contributed by atoms with Crippen LogP contribution in [0.3, 0.4) is 0 Å². The van der Waals surface area contributed by atoms with E-state index in [2.05, 4.69) is 46.9 Å². The first-order valence-corrected chi connectivity index (χ1v) is 7.70. The monoisotopic (exact) mass is 290 g/mol. The zero-order chi connectivity index (χ0) is 14.2. The van der Waals surface area contributed by atoms with E-state index in [1.165, 1.54) is 10.4 Å². The van der Waals surface area contributed by atoms with Crippen LogP contribution in [0.25, 0.3) is 0 Å². The predicted octanol–water partition coefficient (Wildman–Crippen LogP) is 2.98. The topological polar surface area (TPSA) is 24.5 Å². The summed E-state index contributed by atoms with van der Waals surface area (Å²) in [5.74, 6) is 0.911. The maximum atomic E-state index is 5.17. The number of hydrogen-bond donors (Lipinski definition) is 1. The Morgan fingerprint density at radius 1 is 1.20 bits per heavy atom. The standard InChI is InChI=1S/C16H22N2OS/c1-18(10-9-17-12-16-4-3-11-20-16)13-14-5-7-15(19-2)8-6-14/h3-8,11,17H,9-10,12-13H2,1-2H3. The van der Waals surface area contributed by atoms with Crippen LogP contribution in [0.15, 0.2) is 41.8 Å². The Bertz CT molecular complexity index is 482. The highest BCUT2D eigenvalue weighted by Gasteiger charge is 2.01. The number of nitrogens with zero attached hydrogens (tertiary/aromatic N) is 1. The Hall–Kier alpha value is -1.36. The lowest BCUT2D eigenvalue weighted by atomic mass is 10.2. The number of nitrogens with one attached hydrogen (secondary N) is 1. The van der Waals surface area contributed by atoms with E-state index in [1.807, 2.05) is 12.1 Å². The van der Waals surface area contributed by atoms with Gasteiger partial charge in [-0.2, -0.15) is 0 Å². The van der Waals surface area contributed by atoms with E-state index >= 15 is 0 Å². The Kier molecular flexibility index (Phi) is 6.05. The summed E-state index contributed by atoms with van der Waals surface area (Å²) in [6.45, 7) is 3.97. The van der Waals surface area contributed by atoms with Crippen molar-refractivity contribution in [1.29, 1.82) is 0 Å². The number of thiophene rings is 1. The van der Waals surface area contributed by atoms with E-state index in [9.17, 15) is 0 Å². The van der Waals surface area contributed by atoms with Crippen molar-refractivity contribution in [1.82, 2.24) is 10.2 Å². The molecular weight excluding hydrogens is 268 g/mol. The van der Waals surface area contributed by atoms with Gasteiger partial charge in [0.25, 0.3) is 0 Å². The second-order valence-corrected chi connectivity index (χ2v) is 5.87. The van der Waals surface area contributed by atoms with Gasteiger partial charge in [0, 0.05) is 31.1 Å². The van der Waals surface area contributed by atoms with Crippen LogP contribution in [0.2, 0.25) is 0 Å². The van der Waals surface area contributed by atoms with Gasteiger partial charge in [0.1, 0.15) is 5.75 Å². The van der Waals surface area contributed by atoms with Crippen LogP contribution >= 0.6 is 11.3 Å². The largest absolute Gasteiger partial charge is 0.497 e. The maximum Gasteiger partial charge on any atom is 0.118 e. The highest BCUT2D eigenvalue weighted by molar-refractivity contribution is 7.09. The van der Waals surface area contributed by atoms with Gasteiger partial charge in [-0.25, -0.2) is 0 Å². The van der Waals surface area contributed by atoms with E-state index in [0.717, 1.165) is 31.9 Å². The first-order valence-electron chi connectivity index (χ1n) is 6.82. The van der Waals surface area contributed by atoms with Crippen LogP contribution in [-0.2, 0) is 13.1 Å². The molecule has 3 nitrogen and oxygen atoms in total. The number of rotatable bonds is 8. The molecule has 2 aromatic rings. The smallest absolute Gasteiger partial charge is 0.118 e. The summed E-state index contributed by atoms with van der Waals surface area (Å²) in [6, 6.07) is 12.5. The molecule has 0 aliphatic heterocycles. The zero-order valence-electron chi connectivity index (χ0n) is 12.1. The summed E-state index contributed by atoms with van der Waals surface area (Å²) in [7, 11) is 3.84. The van der Waals surface area contributed by atoms with Gasteiger partial charge in [0.2, 0.25) is 0 Å². The van der Waals surface area contributed by atoms with Crippen LogP contribution in [0, 0.1) is 0 Å². The van der Waals surface area contributed by atoms with Gasteiger partial charge in [-0.3, -0.25) is 0 Å². The van der Waals surface area contributed by atoms with Gasteiger partial charge in [-0.1, -0.05) is 18.2 Å². The van der Waals surface area contributed by atoms with Crippen molar-refractivity contribution >= 4 is 11.3 Å². The summed E-state index contributed by atoms with van der Waals surface area (Å²) in [6.07, 6.45) is 0. The molecule has 0 radical (unpaired) electrons. The third-order valence-corrected chi connectivity index (χ3v) is 4.04. The van der Waals surface area contributed by atoms with Gasteiger partial charge in [0.05, 0.1) is 7.11 Å². The summed E-state index contributed by atoms with van der Waals surface area (Å²) < 4.78 is 5.17. The van der Waals surface area contributed by atoms with Crippen molar-refractivity contribution in [2.45, 2.75) is 13.1 Å². The molecule has 0 saturated heterocycles. The SMILES string of the molecule is COc1ccc(CN(C)CCNCc2cccs2)cc1. The van der Waals surface area contributed by atoms with E-state index in [0.29, 0.717) is 0 Å². The maximum absolute atomic E-state index is 5.17. The van der Waals surface area contributed by atoms with E-state index in [-0.39, 0.29) is 0 Å². The minimum Gasteiger partial charge on any atom is -0.497 e. The van der Waals surface area contributed by atoms with Crippen molar-refractivity contribution in [3.63, 3.8) is 0 Å². The molecule has 2 rings (SSSR count). The molecule has 0 unspecified atom stereocenters. The molecule has 0 atom stereocenters. The van der Waals surface area contributed by atoms with Gasteiger partial charge in [0.15, 0.2) is 0 Å². The molecule has 1 heterocycles. The van der Waals surface area contributed by atoms with Gasteiger partial charge in [-0.15, -0.1) is 11.3 Å². The number of benzene rings is 1. The molecule has 108 valence electrons. The van der Waals surface area contributed by atoms with E-state index < -0.39 is 0 Å². The highest BCUT2D eigenvalue weighted by Crippen LogP contribution is 2.12. The molecule has 0 aliphatic rings. The summed E-state index contributed by atoms with van der Waals surface area (Å²) >= 11 is 1.80. The van der Waals surface area contributed by atoms with Crippen LogP contribution < -0.4 is 10.1 Å². The van der Waals surface area contributed by atoms with E-state index in [1.54, 1.807) is 18.4 Å². The van der Waals surface area contributed by atoms with Crippen LogP contribution in [0.1, 0.15) is 10.4 Å². The zero-order valence-corrected chi connectivity index (χ0v) is 13.0. The average Bonchev–Trinajstić information content (AvgIpc) is 2.98. The normalized spacial score (nSPS) is 10.9. The van der Waals surface area contributed by atoms with E-state index in [4.69, 9.17) is 4.74 Å². The lowest BCUT2D eigenvalue weighted by Gasteiger charge is -2.17. The fourth-order valence-electron chi connectivity index (χ4n) is 2.02. The summed E-state index contributed by atoms with van der Waals surface area (Å²) in [5.41, 5.74) is 1.31. The molecule has 0 amide bonds. The Balaban J connectivity index is 1.65. The number of methoxy groups -OCH3 is 1. The Morgan fingerprint density at radius 2 is 2.00 bits per heavy atom. The molecule has 1 aromatic heterocycles. The Morgan fingerprint density at radius 3 is 2.65 bits per heavy atom. The molecule has 0 saturated carbocycles. The molecule has 0 bridgehead atoms. The Labute approximate surface area is 125 Å². The van der Waals surface area contributed by atoms with Crippen molar-refractivity contribution < 1.29 is 4.74 Å². The predicted molar refractivity (Wildman–Crippen MR) is 85.4 cm³/mol. The molecular formula is C16H22N2OS. The molecule has 1 aromatic carbocycles. The molecule has 20 heavy (non-hydrogen) atoms. The summed E-state index contributed by atoms with van der Waals surface area (Å²) in [4.78, 5) is 3.71. The lowest BCUT2D eigenvalue weighted by molar-refractivity contribution is 0.324. The average molecular weight is 290 g/mol. The number of hydrogen-bond acceptors (Lipinski definition) is 4. The van der Waals surface area contributed by atoms with Crippen molar-refractivity contribution in [2.75, 3.05) is 27.2 Å². The molecule has 0 aliphatic carbocycles. The summed E-state index contributed by atoms with van der Waals surface area (Å²) in [5, 5.41) is 5.59. The van der Waals surface area contributed by atoms with Gasteiger partial charge < -0.3 is 15.0 Å². The van der Waals surface area contributed by atoms with Crippen LogP contribution in [0.5, 0.6) is 5.75 Å². The quantitative estimate of drug-likeness (QED) is 0.757. The third kappa shape index (κ3) is 4.96. The second kappa shape index (κ2) is 8.04. The third-order valence-electron chi connectivity index (χ3n) is 3.16. The van der Waals surface area contributed by atoms with Crippen molar-refractivity contribution in [3.8, 4) is 5.75 Å². The number of likely N-dealkylation sites (N-methyl/N-ethyl adjacent to an activating group) is 1. The minimum absolute atomic E-state index is 0.911. The number of ether oxygens (including phenoxy) is 1. The molecule has 1 N–H and O–H groups in total. The van der Waals surface area contributed by atoms with Crippen molar-refractivity contribution in [3.05, 3.63) is 52.2 Å². The first-order chi connectivity index (χ1) is 9.78. The first kappa shape index (κ1) is 15.0. The van der Waals surface area contributed by atoms with Crippen molar-refractivity contribution in [2.24, 2.45) is 0 Å². The van der Waals surface area contributed by atoms with Crippen LogP contribution in [0.4, 0.5) is 0 Å². The fraction of sp³-hybridized carbons (Fsp3) is 0.375. The fourth-order valence-corrected chi connectivity index (χ4v) is 2.69. The highest BCUT2D eigenvalue weighted by atomic mass is 32.1. The minimum atomic E-state index is 0.911. The van der Waals surface area contributed by atoms with Gasteiger partial charge >= 0.3 is 0 Å². The molecule has 0 spiro atoms. The molecule has 4 heteroatoms. The second-order valence-electron chi connectivity index (χ2n) is 4.84. The molecule has 0 fully saturated rings. The van der Waals surface area contributed by atoms with Crippen LogP contribution in [-0.4, -0.2) is 32.1 Å². The lowest BCUT2D eigenvalue weighted by Crippen LogP contribution is -2.28.